The van der Waals surface area contributed by atoms with Crippen molar-refractivity contribution in [1.29, 1.82) is 0 Å². The fraction of sp³-hybridized carbons (Fsp3) is 0.476. The van der Waals surface area contributed by atoms with Crippen molar-refractivity contribution >= 4 is 23.2 Å². The Kier molecular flexibility index (Phi) is 6.10. The number of hydrogen-bond donors (Lipinski definition) is 1. The molecule has 1 aromatic carbocycles. The van der Waals surface area contributed by atoms with Gasteiger partial charge in [0.25, 0.3) is 5.91 Å². The molecule has 2 aliphatic rings. The van der Waals surface area contributed by atoms with E-state index in [1.807, 2.05) is 35.4 Å². The lowest BCUT2D eigenvalue weighted by Crippen LogP contribution is -2.55. The van der Waals surface area contributed by atoms with Crippen LogP contribution in [-0.4, -0.2) is 64.9 Å². The third-order valence-electron chi connectivity index (χ3n) is 5.43. The highest BCUT2D eigenvalue weighted by molar-refractivity contribution is 7.07. The van der Waals surface area contributed by atoms with Crippen molar-refractivity contribution in [2.45, 2.75) is 38.5 Å². The molecule has 0 spiro atoms. The molecule has 2 aromatic rings. The summed E-state index contributed by atoms with van der Waals surface area (Å²) >= 11 is 1.52. The lowest BCUT2D eigenvalue weighted by atomic mass is 10.1. The van der Waals surface area contributed by atoms with Gasteiger partial charge in [0.15, 0.2) is 0 Å². The van der Waals surface area contributed by atoms with Crippen LogP contribution in [0.15, 0.2) is 35.2 Å². The number of amides is 2. The summed E-state index contributed by atoms with van der Waals surface area (Å²) in [6, 6.07) is 7.54. The predicted molar refractivity (Wildman–Crippen MR) is 111 cm³/mol. The van der Waals surface area contributed by atoms with Gasteiger partial charge in [-0.2, -0.15) is 0 Å². The number of carbonyl (C=O) groups excluding carboxylic acids is 2. The van der Waals surface area contributed by atoms with Crippen LogP contribution in [0.25, 0.3) is 0 Å². The van der Waals surface area contributed by atoms with Crippen LogP contribution in [0.1, 0.15) is 35.8 Å². The molecule has 29 heavy (non-hydrogen) atoms. The number of hydrogen-bond acceptors (Lipinski definition) is 6. The van der Waals surface area contributed by atoms with E-state index in [-0.39, 0.29) is 17.9 Å². The highest BCUT2D eigenvalue weighted by Crippen LogP contribution is 2.23. The first-order valence-electron chi connectivity index (χ1n) is 10.0. The van der Waals surface area contributed by atoms with Crippen molar-refractivity contribution < 1.29 is 14.3 Å². The number of nitrogens with one attached hydrogen (secondary N) is 1. The van der Waals surface area contributed by atoms with E-state index in [9.17, 15) is 9.59 Å². The lowest BCUT2D eigenvalue weighted by Gasteiger charge is -2.37. The van der Waals surface area contributed by atoms with Gasteiger partial charge in [-0.15, -0.1) is 11.3 Å². The highest BCUT2D eigenvalue weighted by Gasteiger charge is 2.31. The fourth-order valence-electron chi connectivity index (χ4n) is 3.43. The Balaban J connectivity index is 1.34. The Morgan fingerprint density at radius 1 is 1.24 bits per heavy atom. The summed E-state index contributed by atoms with van der Waals surface area (Å²) in [7, 11) is 0. The van der Waals surface area contributed by atoms with E-state index in [4.69, 9.17) is 4.74 Å². The molecule has 2 amide bonds. The quantitative estimate of drug-likeness (QED) is 0.751. The molecule has 1 aliphatic carbocycles. The van der Waals surface area contributed by atoms with Crippen molar-refractivity contribution in [1.82, 2.24) is 20.1 Å². The summed E-state index contributed by atoms with van der Waals surface area (Å²) in [5.74, 6) is 0.631. The average Bonchev–Trinajstić information content (AvgIpc) is 3.41. The fourth-order valence-corrected chi connectivity index (χ4v) is 3.97. The monoisotopic (exact) mass is 414 g/mol. The number of para-hydroxylation sites is 1. The number of aromatic nitrogens is 1. The van der Waals surface area contributed by atoms with E-state index in [1.54, 1.807) is 11.6 Å². The summed E-state index contributed by atoms with van der Waals surface area (Å²) in [5.41, 5.74) is 3.18. The molecule has 1 atom stereocenters. The summed E-state index contributed by atoms with van der Waals surface area (Å²) in [6.07, 6.45) is 2.18. The van der Waals surface area contributed by atoms with Gasteiger partial charge in [0, 0.05) is 37.6 Å². The molecule has 7 nitrogen and oxygen atoms in total. The second kappa shape index (κ2) is 8.92. The summed E-state index contributed by atoms with van der Waals surface area (Å²) in [5, 5.41) is 5.00. The Hall–Kier alpha value is -2.45. The Bertz CT molecular complexity index is 845. The van der Waals surface area contributed by atoms with Gasteiger partial charge in [0.1, 0.15) is 12.4 Å². The smallest absolute Gasteiger partial charge is 0.257 e. The van der Waals surface area contributed by atoms with Crippen molar-refractivity contribution in [3.8, 4) is 5.75 Å². The Labute approximate surface area is 174 Å². The zero-order valence-electron chi connectivity index (χ0n) is 16.5. The van der Waals surface area contributed by atoms with E-state index in [0.29, 0.717) is 50.1 Å². The first-order chi connectivity index (χ1) is 14.1. The second-order valence-electron chi connectivity index (χ2n) is 7.55. The molecular formula is C21H26N4O3S. The highest BCUT2D eigenvalue weighted by atomic mass is 32.1. The minimum absolute atomic E-state index is 0.0337. The van der Waals surface area contributed by atoms with Gasteiger partial charge in [-0.1, -0.05) is 12.1 Å². The molecule has 8 heteroatoms. The number of piperazine rings is 1. The van der Waals surface area contributed by atoms with E-state index < -0.39 is 0 Å². The standard InChI is InChI=1S/C21H26N4O3S/c1-15(20(26)23-16-6-7-16)24-8-10-25(11-9-24)21(27)18-4-2-3-5-19(18)28-12-17-13-29-14-22-17/h2-5,13-16H,6-12H2,1H3,(H,23,26). The maximum absolute atomic E-state index is 13.1. The second-order valence-corrected chi connectivity index (χ2v) is 8.27. The SMILES string of the molecule is CC(C(=O)NC1CC1)N1CCN(C(=O)c2ccccc2OCc2cscn2)CC1. The molecule has 2 heterocycles. The molecule has 1 saturated carbocycles. The zero-order valence-corrected chi connectivity index (χ0v) is 17.4. The van der Waals surface area contributed by atoms with Crippen molar-refractivity contribution in [3.63, 3.8) is 0 Å². The lowest BCUT2D eigenvalue weighted by molar-refractivity contribution is -0.126. The normalized spacial score (nSPS) is 18.3. The van der Waals surface area contributed by atoms with Gasteiger partial charge in [-0.25, -0.2) is 4.98 Å². The van der Waals surface area contributed by atoms with Crippen LogP contribution >= 0.6 is 11.3 Å². The average molecular weight is 415 g/mol. The molecule has 154 valence electrons. The molecule has 1 saturated heterocycles. The largest absolute Gasteiger partial charge is 0.486 e. The van der Waals surface area contributed by atoms with Gasteiger partial charge >= 0.3 is 0 Å². The molecule has 4 rings (SSSR count). The molecule has 2 fully saturated rings. The Morgan fingerprint density at radius 3 is 2.69 bits per heavy atom. The van der Waals surface area contributed by atoms with E-state index in [1.165, 1.54) is 11.3 Å². The van der Waals surface area contributed by atoms with Gasteiger partial charge in [-0.05, 0) is 31.9 Å². The minimum atomic E-state index is -0.165. The van der Waals surface area contributed by atoms with Crippen molar-refractivity contribution in [2.24, 2.45) is 0 Å². The zero-order chi connectivity index (χ0) is 20.2. The third kappa shape index (κ3) is 4.94. The van der Waals surface area contributed by atoms with Crippen molar-refractivity contribution in [2.75, 3.05) is 26.2 Å². The number of ether oxygens (including phenoxy) is 1. The topological polar surface area (TPSA) is 74.8 Å². The van der Waals surface area contributed by atoms with E-state index >= 15 is 0 Å². The first kappa shape index (κ1) is 19.8. The molecular weight excluding hydrogens is 388 g/mol. The van der Waals surface area contributed by atoms with Crippen LogP contribution in [0.3, 0.4) is 0 Å². The maximum atomic E-state index is 13.1. The van der Waals surface area contributed by atoms with Crippen LogP contribution in [-0.2, 0) is 11.4 Å². The Morgan fingerprint density at radius 2 is 2.00 bits per heavy atom. The molecule has 0 radical (unpaired) electrons. The van der Waals surface area contributed by atoms with Gasteiger partial charge < -0.3 is 15.0 Å². The van der Waals surface area contributed by atoms with Crippen LogP contribution in [0.5, 0.6) is 5.75 Å². The first-order valence-corrected chi connectivity index (χ1v) is 11.0. The van der Waals surface area contributed by atoms with Crippen LogP contribution in [0, 0.1) is 0 Å². The summed E-state index contributed by atoms with van der Waals surface area (Å²) in [4.78, 5) is 33.6. The number of nitrogens with zero attached hydrogens (tertiary/aromatic N) is 3. The molecule has 1 aromatic heterocycles. The molecule has 1 N–H and O–H groups in total. The van der Waals surface area contributed by atoms with Crippen LogP contribution < -0.4 is 10.1 Å². The number of carbonyl (C=O) groups is 2. The number of benzene rings is 1. The molecule has 1 unspecified atom stereocenters. The van der Waals surface area contributed by atoms with E-state index in [0.717, 1.165) is 18.5 Å². The number of rotatable bonds is 7. The summed E-state index contributed by atoms with van der Waals surface area (Å²) < 4.78 is 5.86. The van der Waals surface area contributed by atoms with E-state index in [2.05, 4.69) is 15.2 Å². The van der Waals surface area contributed by atoms with Crippen molar-refractivity contribution in [3.05, 3.63) is 46.4 Å². The molecule has 0 bridgehead atoms. The van der Waals surface area contributed by atoms with Crippen LogP contribution in [0.4, 0.5) is 0 Å². The maximum Gasteiger partial charge on any atom is 0.257 e. The predicted octanol–water partition coefficient (Wildman–Crippen LogP) is 2.15. The third-order valence-corrected chi connectivity index (χ3v) is 6.06. The van der Waals surface area contributed by atoms with Gasteiger partial charge in [0.2, 0.25) is 5.91 Å². The van der Waals surface area contributed by atoms with Gasteiger partial charge in [0.05, 0.1) is 22.8 Å². The number of thiazole rings is 1. The molecule has 1 aliphatic heterocycles. The summed E-state index contributed by atoms with van der Waals surface area (Å²) in [6.45, 7) is 4.85. The van der Waals surface area contributed by atoms with Crippen LogP contribution in [0.2, 0.25) is 0 Å². The van der Waals surface area contributed by atoms with Gasteiger partial charge in [-0.3, -0.25) is 14.5 Å². The minimum Gasteiger partial charge on any atom is -0.486 e.